The fraction of sp³-hybridized carbons (Fsp3) is 0.421. The molecule has 0 spiro atoms. The van der Waals surface area contributed by atoms with Crippen molar-refractivity contribution < 1.29 is 23.8 Å². The van der Waals surface area contributed by atoms with Gasteiger partial charge in [0.25, 0.3) is 5.91 Å². The number of hydrogen-bond donors (Lipinski definition) is 2. The SMILES string of the molecule is CCOC(=O)N(/C=C(/C#N)C(=O)NC(C)c1ccc(OC)c(OC)c1)CCN. The van der Waals surface area contributed by atoms with Crippen molar-refractivity contribution in [3.63, 3.8) is 0 Å². The molecule has 0 fully saturated rings. The van der Waals surface area contributed by atoms with Crippen LogP contribution in [0, 0.1) is 11.3 Å². The number of carbonyl (C=O) groups is 2. The number of methoxy groups -OCH3 is 2. The molecule has 0 heterocycles. The van der Waals surface area contributed by atoms with E-state index in [9.17, 15) is 14.9 Å². The molecule has 0 aliphatic heterocycles. The van der Waals surface area contributed by atoms with Crippen LogP contribution in [0.1, 0.15) is 25.5 Å². The quantitative estimate of drug-likeness (QED) is 0.485. The Morgan fingerprint density at radius 3 is 2.54 bits per heavy atom. The summed E-state index contributed by atoms with van der Waals surface area (Å²) in [5, 5.41) is 12.1. The Balaban J connectivity index is 2.98. The zero-order chi connectivity index (χ0) is 21.1. The van der Waals surface area contributed by atoms with Gasteiger partial charge < -0.3 is 25.3 Å². The monoisotopic (exact) mass is 390 g/mol. The zero-order valence-electron chi connectivity index (χ0n) is 16.5. The van der Waals surface area contributed by atoms with E-state index in [2.05, 4.69) is 5.32 Å². The van der Waals surface area contributed by atoms with E-state index in [4.69, 9.17) is 19.9 Å². The van der Waals surface area contributed by atoms with Gasteiger partial charge >= 0.3 is 6.09 Å². The molecule has 9 heteroatoms. The predicted octanol–water partition coefficient (Wildman–Crippen LogP) is 1.71. The largest absolute Gasteiger partial charge is 0.493 e. The lowest BCUT2D eigenvalue weighted by atomic mass is 10.1. The van der Waals surface area contributed by atoms with Crippen molar-refractivity contribution >= 4 is 12.0 Å². The smallest absolute Gasteiger partial charge is 0.413 e. The molecule has 0 aliphatic rings. The molecule has 0 bridgehead atoms. The predicted molar refractivity (Wildman–Crippen MR) is 103 cm³/mol. The summed E-state index contributed by atoms with van der Waals surface area (Å²) in [5.74, 6) is 0.457. The summed E-state index contributed by atoms with van der Waals surface area (Å²) in [5.41, 5.74) is 6.00. The molecule has 0 aliphatic carbocycles. The Bertz CT molecular complexity index is 757. The van der Waals surface area contributed by atoms with Crippen LogP contribution in [0.2, 0.25) is 0 Å². The fourth-order valence-electron chi connectivity index (χ4n) is 2.33. The van der Waals surface area contributed by atoms with Crippen molar-refractivity contribution in [2.24, 2.45) is 5.73 Å². The van der Waals surface area contributed by atoms with Crippen LogP contribution in [0.15, 0.2) is 30.0 Å². The lowest BCUT2D eigenvalue weighted by Crippen LogP contribution is -2.34. The van der Waals surface area contributed by atoms with E-state index in [1.54, 1.807) is 38.1 Å². The second-order valence-corrected chi connectivity index (χ2v) is 5.65. The molecule has 0 radical (unpaired) electrons. The fourth-order valence-corrected chi connectivity index (χ4v) is 2.33. The van der Waals surface area contributed by atoms with Gasteiger partial charge in [0.2, 0.25) is 0 Å². The molecule has 1 atom stereocenters. The standard InChI is InChI=1S/C19H26N4O5/c1-5-28-19(25)23(9-8-20)12-15(11-21)18(24)22-13(2)14-6-7-16(26-3)17(10-14)27-4/h6-7,10,12-13H,5,8-9,20H2,1-4H3,(H,22,24)/b15-12-. The van der Waals surface area contributed by atoms with Crippen molar-refractivity contribution in [1.29, 1.82) is 5.26 Å². The van der Waals surface area contributed by atoms with Gasteiger partial charge in [-0.3, -0.25) is 9.69 Å². The average molecular weight is 390 g/mol. The van der Waals surface area contributed by atoms with Crippen LogP contribution in [-0.4, -0.2) is 50.8 Å². The number of ether oxygens (including phenoxy) is 3. The summed E-state index contributed by atoms with van der Waals surface area (Å²) < 4.78 is 15.4. The first kappa shape index (κ1) is 22.8. The number of benzene rings is 1. The maximum absolute atomic E-state index is 12.5. The Kier molecular flexibility index (Phi) is 9.33. The topological polar surface area (TPSA) is 127 Å². The van der Waals surface area contributed by atoms with E-state index >= 15 is 0 Å². The minimum absolute atomic E-state index is 0.114. The van der Waals surface area contributed by atoms with Gasteiger partial charge in [-0.15, -0.1) is 0 Å². The summed E-state index contributed by atoms with van der Waals surface area (Å²) in [6.45, 7) is 3.85. The van der Waals surface area contributed by atoms with Crippen molar-refractivity contribution in [3.8, 4) is 17.6 Å². The van der Waals surface area contributed by atoms with Gasteiger partial charge in [0.05, 0.1) is 26.9 Å². The molecule has 0 aromatic heterocycles. The summed E-state index contributed by atoms with van der Waals surface area (Å²) in [7, 11) is 3.05. The third kappa shape index (κ3) is 6.17. The Morgan fingerprint density at radius 2 is 2.00 bits per heavy atom. The third-order valence-electron chi connectivity index (χ3n) is 3.78. The first-order valence-electron chi connectivity index (χ1n) is 8.69. The molecule has 1 rings (SSSR count). The summed E-state index contributed by atoms with van der Waals surface area (Å²) in [4.78, 5) is 25.5. The van der Waals surface area contributed by atoms with Gasteiger partial charge in [-0.05, 0) is 31.5 Å². The lowest BCUT2D eigenvalue weighted by Gasteiger charge is -2.19. The van der Waals surface area contributed by atoms with Crippen LogP contribution >= 0.6 is 0 Å². The summed E-state index contributed by atoms with van der Waals surface area (Å²) in [6, 6.07) is 6.62. The van der Waals surface area contributed by atoms with Crippen LogP contribution in [0.3, 0.4) is 0 Å². The second kappa shape index (κ2) is 11.5. The number of nitrogens with one attached hydrogen (secondary N) is 1. The average Bonchev–Trinajstić information content (AvgIpc) is 2.70. The van der Waals surface area contributed by atoms with E-state index in [-0.39, 0.29) is 25.3 Å². The second-order valence-electron chi connectivity index (χ2n) is 5.65. The molecule has 0 saturated heterocycles. The van der Waals surface area contributed by atoms with Gasteiger partial charge in [0.1, 0.15) is 11.6 Å². The van der Waals surface area contributed by atoms with Crippen LogP contribution < -0.4 is 20.5 Å². The highest BCUT2D eigenvalue weighted by Gasteiger charge is 2.19. The van der Waals surface area contributed by atoms with Gasteiger partial charge in [-0.2, -0.15) is 5.26 Å². The van der Waals surface area contributed by atoms with Gasteiger partial charge in [0, 0.05) is 19.3 Å². The van der Waals surface area contributed by atoms with E-state index in [1.807, 2.05) is 0 Å². The van der Waals surface area contributed by atoms with Crippen LogP contribution in [0.25, 0.3) is 0 Å². The minimum Gasteiger partial charge on any atom is -0.493 e. The number of hydrogen-bond acceptors (Lipinski definition) is 7. The number of nitriles is 1. The first-order valence-corrected chi connectivity index (χ1v) is 8.69. The highest BCUT2D eigenvalue weighted by atomic mass is 16.6. The molecule has 1 aromatic carbocycles. The highest BCUT2D eigenvalue weighted by molar-refractivity contribution is 5.97. The Morgan fingerprint density at radius 1 is 1.32 bits per heavy atom. The van der Waals surface area contributed by atoms with Crippen LogP contribution in [-0.2, 0) is 9.53 Å². The number of rotatable bonds is 9. The van der Waals surface area contributed by atoms with E-state index in [0.717, 1.165) is 16.7 Å². The Labute approximate surface area is 164 Å². The van der Waals surface area contributed by atoms with Crippen LogP contribution in [0.5, 0.6) is 11.5 Å². The normalized spacial score (nSPS) is 11.8. The molecule has 3 N–H and O–H groups in total. The number of nitrogens with zero attached hydrogens (tertiary/aromatic N) is 2. The number of amides is 2. The minimum atomic E-state index is -0.679. The molecular weight excluding hydrogens is 364 g/mol. The number of carbonyl (C=O) groups excluding carboxylic acids is 2. The lowest BCUT2D eigenvalue weighted by molar-refractivity contribution is -0.117. The van der Waals surface area contributed by atoms with Gasteiger partial charge in [-0.1, -0.05) is 6.07 Å². The van der Waals surface area contributed by atoms with Crippen LogP contribution in [0.4, 0.5) is 4.79 Å². The van der Waals surface area contributed by atoms with Crippen molar-refractivity contribution in [3.05, 3.63) is 35.5 Å². The molecule has 152 valence electrons. The molecule has 28 heavy (non-hydrogen) atoms. The summed E-state index contributed by atoms with van der Waals surface area (Å²) in [6.07, 6.45) is 0.461. The third-order valence-corrected chi connectivity index (χ3v) is 3.78. The molecular formula is C19H26N4O5. The Hall–Kier alpha value is -3.25. The molecule has 1 aromatic rings. The maximum Gasteiger partial charge on any atom is 0.413 e. The first-order chi connectivity index (χ1) is 13.4. The molecule has 0 saturated carbocycles. The van der Waals surface area contributed by atoms with E-state index < -0.39 is 18.0 Å². The van der Waals surface area contributed by atoms with Crippen molar-refractivity contribution in [2.45, 2.75) is 19.9 Å². The number of nitrogens with two attached hydrogens (primary N) is 1. The van der Waals surface area contributed by atoms with Gasteiger partial charge in [0.15, 0.2) is 11.5 Å². The zero-order valence-corrected chi connectivity index (χ0v) is 16.5. The van der Waals surface area contributed by atoms with E-state index in [1.165, 1.54) is 14.2 Å². The van der Waals surface area contributed by atoms with Crippen molar-refractivity contribution in [2.75, 3.05) is 33.9 Å². The molecule has 1 unspecified atom stereocenters. The summed E-state index contributed by atoms with van der Waals surface area (Å²) >= 11 is 0. The van der Waals surface area contributed by atoms with Crippen molar-refractivity contribution in [1.82, 2.24) is 10.2 Å². The molecule has 9 nitrogen and oxygen atoms in total. The highest BCUT2D eigenvalue weighted by Crippen LogP contribution is 2.29. The maximum atomic E-state index is 12.5. The van der Waals surface area contributed by atoms with E-state index in [0.29, 0.717) is 11.5 Å². The molecule has 2 amide bonds. The van der Waals surface area contributed by atoms with Gasteiger partial charge in [-0.25, -0.2) is 4.79 Å².